The van der Waals surface area contributed by atoms with E-state index in [2.05, 4.69) is 15.0 Å². The summed E-state index contributed by atoms with van der Waals surface area (Å²) in [4.78, 5) is 15.2. The molecule has 0 radical (unpaired) electrons. The van der Waals surface area contributed by atoms with Gasteiger partial charge in [-0.2, -0.15) is 9.97 Å². The first-order valence-electron chi connectivity index (χ1n) is 12.8. The third-order valence-corrected chi connectivity index (χ3v) is 7.06. The summed E-state index contributed by atoms with van der Waals surface area (Å²) in [6.45, 7) is 1.60. The number of nitrogens with zero attached hydrogens (tertiary/aromatic N) is 5. The number of nitrogen functional groups attached to an aromatic ring is 1. The Kier molecular flexibility index (Phi) is 7.74. The van der Waals surface area contributed by atoms with Gasteiger partial charge in [0.2, 0.25) is 5.95 Å². The molecule has 0 spiro atoms. The summed E-state index contributed by atoms with van der Waals surface area (Å²) in [6.07, 6.45) is -1.69. The van der Waals surface area contributed by atoms with Crippen LogP contribution in [0.1, 0.15) is 24.3 Å². The van der Waals surface area contributed by atoms with E-state index >= 15 is 4.39 Å². The molecule has 3 N–H and O–H groups in total. The predicted octanol–water partition coefficient (Wildman–Crippen LogP) is 3.27. The number of ether oxygens (including phenoxy) is 4. The van der Waals surface area contributed by atoms with Gasteiger partial charge in [0.05, 0.1) is 33.8 Å². The summed E-state index contributed by atoms with van der Waals surface area (Å²) in [5, 5.41) is 10.0. The lowest BCUT2D eigenvalue weighted by molar-refractivity contribution is -0.0675. The Balaban J connectivity index is 1.40. The van der Waals surface area contributed by atoms with Gasteiger partial charge in [-0.1, -0.05) is 24.3 Å². The van der Waals surface area contributed by atoms with E-state index in [1.54, 1.807) is 26.4 Å². The highest BCUT2D eigenvalue weighted by atomic mass is 19.1. The molecule has 1 saturated heterocycles. The highest BCUT2D eigenvalue weighted by molar-refractivity contribution is 5.84. The molecule has 1 aliphatic heterocycles. The summed E-state index contributed by atoms with van der Waals surface area (Å²) in [5.41, 5.74) is 6.64. The van der Waals surface area contributed by atoms with Crippen LogP contribution in [0.5, 0.6) is 11.5 Å². The van der Waals surface area contributed by atoms with Crippen molar-refractivity contribution in [3.63, 3.8) is 0 Å². The van der Waals surface area contributed by atoms with E-state index in [4.69, 9.17) is 24.7 Å². The van der Waals surface area contributed by atoms with Crippen molar-refractivity contribution in [2.24, 2.45) is 0 Å². The lowest BCUT2D eigenvalue weighted by Gasteiger charge is -2.28. The average molecular weight is 553 g/mol. The number of aliphatic hydroxyl groups excluding tert-OH is 1. The zero-order valence-corrected chi connectivity index (χ0v) is 22.8. The van der Waals surface area contributed by atoms with Crippen molar-refractivity contribution < 1.29 is 28.4 Å². The van der Waals surface area contributed by atoms with Crippen LogP contribution in [0.4, 0.5) is 16.2 Å². The Morgan fingerprint density at radius 3 is 2.27 bits per heavy atom. The number of fused-ring (bicyclic) bond motifs is 1. The van der Waals surface area contributed by atoms with Crippen LogP contribution in [0, 0.1) is 0 Å². The molecule has 4 atom stereocenters. The predicted molar refractivity (Wildman–Crippen MR) is 147 cm³/mol. The largest absolute Gasteiger partial charge is 0.497 e. The normalized spacial score (nSPS) is 22.5. The first-order valence-corrected chi connectivity index (χ1v) is 12.8. The zero-order valence-electron chi connectivity index (χ0n) is 22.8. The Hall–Kier alpha value is -4.00. The number of aliphatic hydroxyl groups is 1. The number of benzene rings is 2. The number of hydrogen-bond donors (Lipinski definition) is 2. The maximum atomic E-state index is 16.5. The second kappa shape index (κ2) is 11.2. The number of halogens is 1. The van der Waals surface area contributed by atoms with Crippen molar-refractivity contribution in [2.75, 3.05) is 38.5 Å². The number of imidazole rings is 1. The van der Waals surface area contributed by atoms with Crippen molar-refractivity contribution >= 4 is 22.9 Å². The van der Waals surface area contributed by atoms with Gasteiger partial charge in [-0.05, 0) is 42.3 Å². The van der Waals surface area contributed by atoms with E-state index in [-0.39, 0.29) is 12.6 Å². The molecule has 0 unspecified atom stereocenters. The van der Waals surface area contributed by atoms with Crippen LogP contribution in [0.3, 0.4) is 0 Å². The van der Waals surface area contributed by atoms with Crippen molar-refractivity contribution in [1.82, 2.24) is 19.5 Å². The molecule has 2 aromatic carbocycles. The summed E-state index contributed by atoms with van der Waals surface area (Å²) >= 11 is 0. The molecular formula is C28H33FN6O5. The number of anilines is 2. The van der Waals surface area contributed by atoms with Crippen molar-refractivity contribution in [3.05, 3.63) is 66.0 Å². The van der Waals surface area contributed by atoms with Gasteiger partial charge in [-0.15, -0.1) is 0 Å². The molecule has 40 heavy (non-hydrogen) atoms. The molecule has 3 heterocycles. The van der Waals surface area contributed by atoms with E-state index in [1.807, 2.05) is 48.3 Å². The van der Waals surface area contributed by atoms with E-state index in [1.165, 1.54) is 17.8 Å². The second-order valence-electron chi connectivity index (χ2n) is 9.87. The maximum absolute atomic E-state index is 16.5. The number of hydrogen-bond acceptors (Lipinski definition) is 10. The molecule has 0 amide bonds. The maximum Gasteiger partial charge on any atom is 0.224 e. The molecule has 0 saturated carbocycles. The van der Waals surface area contributed by atoms with Crippen molar-refractivity contribution in [3.8, 4) is 11.5 Å². The average Bonchev–Trinajstić information content (AvgIpc) is 3.48. The fourth-order valence-electron chi connectivity index (χ4n) is 4.96. The third kappa shape index (κ3) is 5.25. The van der Waals surface area contributed by atoms with Gasteiger partial charge in [0.1, 0.15) is 23.7 Å². The zero-order chi connectivity index (χ0) is 28.4. The van der Waals surface area contributed by atoms with E-state index in [9.17, 15) is 5.11 Å². The molecule has 5 rings (SSSR count). The third-order valence-electron chi connectivity index (χ3n) is 7.06. The van der Waals surface area contributed by atoms with Crippen LogP contribution in [0.15, 0.2) is 54.9 Å². The number of aromatic nitrogens is 4. The second-order valence-corrected chi connectivity index (χ2v) is 9.87. The van der Waals surface area contributed by atoms with Gasteiger partial charge in [0.15, 0.2) is 28.9 Å². The fourth-order valence-corrected chi connectivity index (χ4v) is 4.96. The van der Waals surface area contributed by atoms with E-state index < -0.39 is 30.7 Å². The number of nitrogens with two attached hydrogens (primary N) is 1. The SMILES string of the molecule is COc1ccc(CO[C@@H]2[C@@H](CO)O[C@@H](n3cnc4c(N(C)Cc5ccc(OC)cc5)nc(N)nc43)[C@]2(C)F)cc1. The number of alkyl halides is 1. The van der Waals surface area contributed by atoms with E-state index in [0.29, 0.717) is 29.3 Å². The molecule has 2 aromatic heterocycles. The van der Waals surface area contributed by atoms with E-state index in [0.717, 1.165) is 16.9 Å². The van der Waals surface area contributed by atoms with Crippen LogP contribution in [-0.4, -0.2) is 70.4 Å². The van der Waals surface area contributed by atoms with Crippen LogP contribution in [-0.2, 0) is 22.6 Å². The lowest BCUT2D eigenvalue weighted by atomic mass is 9.98. The van der Waals surface area contributed by atoms with Crippen LogP contribution in [0.2, 0.25) is 0 Å². The standard InChI is InChI=1S/C28H33FN6O5/c1-28(29)23(39-15-18-7-11-20(38-4)12-8-18)21(14-36)40-26(28)35-16-31-22-24(32-27(30)33-25(22)35)34(2)13-17-5-9-19(37-3)10-6-17/h5-12,16,21,23,26,36H,13-15H2,1-4H3,(H2,30,32,33)/t21-,23-,26-,28-/m1/s1. The highest BCUT2D eigenvalue weighted by Gasteiger charge is 2.56. The van der Waals surface area contributed by atoms with Crippen molar-refractivity contribution in [2.45, 2.75) is 44.2 Å². The minimum Gasteiger partial charge on any atom is -0.497 e. The molecule has 4 aromatic rings. The lowest BCUT2D eigenvalue weighted by Crippen LogP contribution is -2.42. The Bertz CT molecular complexity index is 1450. The Morgan fingerprint density at radius 1 is 1.05 bits per heavy atom. The molecule has 11 nitrogen and oxygen atoms in total. The topological polar surface area (TPSA) is 130 Å². The van der Waals surface area contributed by atoms with Gasteiger partial charge >= 0.3 is 0 Å². The van der Waals surface area contributed by atoms with Gasteiger partial charge in [-0.3, -0.25) is 4.57 Å². The molecule has 12 heteroatoms. The van der Waals surface area contributed by atoms with Crippen LogP contribution < -0.4 is 20.1 Å². The molecule has 0 aliphatic carbocycles. The first-order chi connectivity index (χ1) is 19.2. The van der Waals surface area contributed by atoms with Gasteiger partial charge in [0.25, 0.3) is 0 Å². The van der Waals surface area contributed by atoms with Crippen LogP contribution >= 0.6 is 0 Å². The Morgan fingerprint density at radius 2 is 1.68 bits per heavy atom. The van der Waals surface area contributed by atoms with Gasteiger partial charge < -0.3 is 34.7 Å². The summed E-state index contributed by atoms with van der Waals surface area (Å²) in [6, 6.07) is 14.9. The molecule has 212 valence electrons. The molecule has 1 fully saturated rings. The molecule has 1 aliphatic rings. The van der Waals surface area contributed by atoms with Crippen molar-refractivity contribution in [1.29, 1.82) is 0 Å². The molecular weight excluding hydrogens is 519 g/mol. The summed E-state index contributed by atoms with van der Waals surface area (Å²) in [5.74, 6) is 1.97. The summed E-state index contributed by atoms with van der Waals surface area (Å²) < 4.78 is 40.4. The van der Waals surface area contributed by atoms with Gasteiger partial charge in [-0.25, -0.2) is 9.37 Å². The monoisotopic (exact) mass is 552 g/mol. The number of methoxy groups -OCH3 is 2. The Labute approximate surface area is 231 Å². The first kappa shape index (κ1) is 27.6. The fraction of sp³-hybridized carbons (Fsp3) is 0.393. The highest BCUT2D eigenvalue weighted by Crippen LogP contribution is 2.44. The minimum absolute atomic E-state index is 0.00963. The number of rotatable bonds is 10. The quantitative estimate of drug-likeness (QED) is 0.302. The smallest absolute Gasteiger partial charge is 0.224 e. The molecule has 0 bridgehead atoms. The minimum atomic E-state index is -2.04. The van der Waals surface area contributed by atoms with Gasteiger partial charge in [0, 0.05) is 13.6 Å². The summed E-state index contributed by atoms with van der Waals surface area (Å²) in [7, 11) is 5.06. The van der Waals surface area contributed by atoms with Crippen LogP contribution in [0.25, 0.3) is 11.2 Å².